The van der Waals surface area contributed by atoms with Crippen LogP contribution in [-0.2, 0) is 11.0 Å². The molecule has 1 saturated heterocycles. The van der Waals surface area contributed by atoms with Gasteiger partial charge in [-0.2, -0.15) is 4.40 Å². The first-order valence-corrected chi connectivity index (χ1v) is 9.36. The maximum atomic E-state index is 12.0. The summed E-state index contributed by atoms with van der Waals surface area (Å²) in [6.07, 6.45) is 1.69. The largest absolute Gasteiger partial charge is 0.369 e. The summed E-state index contributed by atoms with van der Waals surface area (Å²) in [5.74, 6) is 0. The van der Waals surface area contributed by atoms with Gasteiger partial charge in [0.15, 0.2) is 0 Å². The molecule has 6 heteroatoms. The van der Waals surface area contributed by atoms with E-state index in [4.69, 9.17) is 0 Å². The van der Waals surface area contributed by atoms with Crippen molar-refractivity contribution in [3.8, 4) is 0 Å². The van der Waals surface area contributed by atoms with Crippen LogP contribution in [0.4, 0.5) is 5.69 Å². The predicted molar refractivity (Wildman–Crippen MR) is 99.3 cm³/mol. The van der Waals surface area contributed by atoms with Gasteiger partial charge in [0.05, 0.1) is 4.75 Å². The van der Waals surface area contributed by atoms with Crippen LogP contribution >= 0.6 is 15.9 Å². The van der Waals surface area contributed by atoms with E-state index in [0.29, 0.717) is 0 Å². The lowest BCUT2D eigenvalue weighted by Gasteiger charge is -2.34. The van der Waals surface area contributed by atoms with E-state index in [0.717, 1.165) is 36.2 Å². The number of nitrogens with zero attached hydrogens (tertiary/aromatic N) is 3. The Balaban J connectivity index is 2.10. The lowest BCUT2D eigenvalue weighted by Crippen LogP contribution is -2.44. The minimum absolute atomic E-state index is 0.331. The quantitative estimate of drug-likeness (QED) is 0.749. The van der Waals surface area contributed by atoms with Crippen molar-refractivity contribution in [1.82, 2.24) is 4.90 Å². The molecule has 1 atom stereocenters. The molecule has 1 aliphatic heterocycles. The van der Waals surface area contributed by atoms with E-state index in [1.54, 1.807) is 6.21 Å². The van der Waals surface area contributed by atoms with Crippen LogP contribution in [0.5, 0.6) is 0 Å². The van der Waals surface area contributed by atoms with Crippen LogP contribution in [0.1, 0.15) is 26.3 Å². The van der Waals surface area contributed by atoms with Gasteiger partial charge in [0, 0.05) is 48.1 Å². The van der Waals surface area contributed by atoms with Crippen LogP contribution in [0.2, 0.25) is 0 Å². The predicted octanol–water partition coefficient (Wildman–Crippen LogP) is 3.08. The number of likely N-dealkylation sites (N-methyl/N-ethyl adjacent to an activating group) is 1. The molecule has 0 amide bonds. The molecule has 1 heterocycles. The van der Waals surface area contributed by atoms with E-state index >= 15 is 0 Å². The van der Waals surface area contributed by atoms with Gasteiger partial charge in [-0.05, 0) is 40.0 Å². The summed E-state index contributed by atoms with van der Waals surface area (Å²) in [6.45, 7) is 10.0. The highest BCUT2D eigenvalue weighted by Gasteiger charge is 2.18. The number of rotatable bonds is 3. The fourth-order valence-electron chi connectivity index (χ4n) is 2.14. The molecule has 0 unspecified atom stereocenters. The smallest absolute Gasteiger partial charge is 0.144 e. The third-order valence-electron chi connectivity index (χ3n) is 3.66. The average Bonchev–Trinajstić information content (AvgIpc) is 2.45. The van der Waals surface area contributed by atoms with Gasteiger partial charge in [-0.3, -0.25) is 0 Å². The van der Waals surface area contributed by atoms with Crippen molar-refractivity contribution in [2.45, 2.75) is 25.5 Å². The van der Waals surface area contributed by atoms with Crippen molar-refractivity contribution in [2.24, 2.45) is 4.40 Å². The van der Waals surface area contributed by atoms with Crippen LogP contribution in [0.25, 0.3) is 0 Å². The minimum atomic E-state index is -1.23. The van der Waals surface area contributed by atoms with Crippen molar-refractivity contribution >= 4 is 38.8 Å². The van der Waals surface area contributed by atoms with Gasteiger partial charge in [0.2, 0.25) is 0 Å². The molecule has 1 aromatic carbocycles. The first kappa shape index (κ1) is 17.6. The first-order valence-electron chi connectivity index (χ1n) is 7.46. The highest BCUT2D eigenvalue weighted by Crippen LogP contribution is 2.24. The highest BCUT2D eigenvalue weighted by molar-refractivity contribution is 9.10. The van der Waals surface area contributed by atoms with Gasteiger partial charge in [-0.1, -0.05) is 22.0 Å². The maximum absolute atomic E-state index is 12.0. The summed E-state index contributed by atoms with van der Waals surface area (Å²) in [7, 11) is 0.928. The van der Waals surface area contributed by atoms with Gasteiger partial charge in [-0.25, -0.2) is 4.21 Å². The Hall–Kier alpha value is -0.720. The normalized spacial score (nSPS) is 18.9. The molecule has 0 bridgehead atoms. The monoisotopic (exact) mass is 385 g/mol. The van der Waals surface area contributed by atoms with Crippen LogP contribution in [0.3, 0.4) is 0 Å². The number of hydrogen-bond acceptors (Lipinski definition) is 3. The van der Waals surface area contributed by atoms with Gasteiger partial charge >= 0.3 is 0 Å². The second kappa shape index (κ2) is 7.23. The fraction of sp³-hybridized carbons (Fsp3) is 0.562. The van der Waals surface area contributed by atoms with Crippen LogP contribution in [0, 0.1) is 0 Å². The van der Waals surface area contributed by atoms with Crippen LogP contribution in [-0.4, -0.2) is 53.3 Å². The number of halogens is 1. The summed E-state index contributed by atoms with van der Waals surface area (Å²) >= 11 is 3.60. The summed E-state index contributed by atoms with van der Waals surface area (Å²) in [5.41, 5.74) is 2.17. The Labute approximate surface area is 144 Å². The Morgan fingerprint density at radius 3 is 2.41 bits per heavy atom. The van der Waals surface area contributed by atoms with E-state index in [9.17, 15) is 4.21 Å². The first-order chi connectivity index (χ1) is 10.3. The molecule has 2 rings (SSSR count). The molecule has 4 nitrogen and oxygen atoms in total. The molecule has 0 radical (unpaired) electrons. The highest BCUT2D eigenvalue weighted by atomic mass is 79.9. The number of piperazine rings is 1. The Kier molecular flexibility index (Phi) is 5.80. The SMILES string of the molecule is CN1CCN(c2ccc(C=N[S@](=O)C(C)(C)C)c(Br)c2)CC1. The van der Waals surface area contributed by atoms with E-state index in [-0.39, 0.29) is 4.75 Å². The van der Waals surface area contributed by atoms with E-state index in [2.05, 4.69) is 49.3 Å². The number of benzene rings is 1. The van der Waals surface area contributed by atoms with Gasteiger partial charge in [0.25, 0.3) is 0 Å². The van der Waals surface area contributed by atoms with E-state index < -0.39 is 11.0 Å². The molecule has 0 aromatic heterocycles. The molecule has 0 N–H and O–H groups in total. The van der Waals surface area contributed by atoms with Crippen LogP contribution < -0.4 is 4.90 Å². The summed E-state index contributed by atoms with van der Waals surface area (Å²) in [6, 6.07) is 6.26. The molecular weight excluding hydrogens is 362 g/mol. The van der Waals surface area contributed by atoms with Gasteiger partial charge in [-0.15, -0.1) is 0 Å². The van der Waals surface area contributed by atoms with E-state index in [1.807, 2.05) is 26.8 Å². The number of hydrogen-bond donors (Lipinski definition) is 0. The van der Waals surface area contributed by atoms with Gasteiger partial charge in [0.1, 0.15) is 11.0 Å². The zero-order valence-corrected chi connectivity index (χ0v) is 16.1. The zero-order valence-electron chi connectivity index (χ0n) is 13.7. The summed E-state index contributed by atoms with van der Waals surface area (Å²) in [4.78, 5) is 4.73. The van der Waals surface area contributed by atoms with Crippen molar-refractivity contribution in [3.63, 3.8) is 0 Å². The van der Waals surface area contributed by atoms with Gasteiger partial charge < -0.3 is 9.80 Å². The minimum Gasteiger partial charge on any atom is -0.369 e. The second-order valence-electron chi connectivity index (χ2n) is 6.59. The summed E-state index contributed by atoms with van der Waals surface area (Å²) in [5, 5.41) is 0. The molecule has 1 aromatic rings. The molecule has 0 aliphatic carbocycles. The molecular formula is C16H24BrN3OS. The fourth-order valence-corrected chi connectivity index (χ4v) is 3.14. The molecule has 0 spiro atoms. The van der Waals surface area contributed by atoms with Crippen LogP contribution in [0.15, 0.2) is 27.1 Å². The maximum Gasteiger partial charge on any atom is 0.144 e. The third-order valence-corrected chi connectivity index (χ3v) is 5.70. The average molecular weight is 386 g/mol. The Morgan fingerprint density at radius 2 is 1.86 bits per heavy atom. The molecule has 122 valence electrons. The van der Waals surface area contributed by atoms with Crippen molar-refractivity contribution in [3.05, 3.63) is 28.2 Å². The molecule has 1 fully saturated rings. The lowest BCUT2D eigenvalue weighted by molar-refractivity contribution is 0.313. The standard InChI is InChI=1S/C16H24BrN3OS/c1-16(2,3)22(21)18-12-13-5-6-14(11-15(13)17)20-9-7-19(4)8-10-20/h5-6,11-12H,7-10H2,1-4H3/t22-/m1/s1. The topological polar surface area (TPSA) is 35.9 Å². The third kappa shape index (κ3) is 4.64. The second-order valence-corrected chi connectivity index (χ2v) is 9.38. The van der Waals surface area contributed by atoms with E-state index in [1.165, 1.54) is 5.69 Å². The lowest BCUT2D eigenvalue weighted by atomic mass is 10.2. The molecule has 1 aliphatic rings. The van der Waals surface area contributed by atoms with Crippen molar-refractivity contribution < 1.29 is 4.21 Å². The Morgan fingerprint density at radius 1 is 1.23 bits per heavy atom. The molecule has 0 saturated carbocycles. The Bertz CT molecular complexity index is 575. The zero-order chi connectivity index (χ0) is 16.3. The molecule has 22 heavy (non-hydrogen) atoms. The number of anilines is 1. The van der Waals surface area contributed by atoms with Crippen molar-refractivity contribution in [2.75, 3.05) is 38.1 Å². The summed E-state index contributed by atoms with van der Waals surface area (Å²) < 4.78 is 16.8. The van der Waals surface area contributed by atoms with Crippen molar-refractivity contribution in [1.29, 1.82) is 0 Å².